The smallest absolute Gasteiger partial charge is 0.497 e. The molecule has 0 bridgehead atoms. The highest BCUT2D eigenvalue weighted by molar-refractivity contribution is 5.96. The number of aliphatic hydroxyl groups excluding tert-OH is 1. The lowest BCUT2D eigenvalue weighted by atomic mass is 10.0. The van der Waals surface area contributed by atoms with Crippen molar-refractivity contribution in [2.24, 2.45) is 0 Å². The van der Waals surface area contributed by atoms with Crippen LogP contribution in [-0.2, 0) is 4.79 Å². The highest BCUT2D eigenvalue weighted by atomic mass is 19.4. The first kappa shape index (κ1) is 29.4. The van der Waals surface area contributed by atoms with Gasteiger partial charge in [-0.2, -0.15) is 0 Å². The molecule has 2 aromatic rings. The van der Waals surface area contributed by atoms with Crippen molar-refractivity contribution in [2.45, 2.75) is 63.5 Å². The standard InChI is InChI=1S/C28H35F3N2O5/c1-37-22-13-9-20(10-14-22)25(34)7-3-2-4-8-26(35)32-24(19-33-17-5-6-18-33)27(36)21-11-15-23(16-12-21)38-28(29,30)31/h9-16,24,27,36H,2-8,17-19H2,1H3,(H,32,35)/t24-,27-/m1/s1. The Morgan fingerprint density at radius 3 is 2.16 bits per heavy atom. The number of rotatable bonds is 14. The number of unbranched alkanes of at least 4 members (excludes halogenated alkanes) is 2. The number of Topliss-reactive ketones (excluding diaryl/α,β-unsaturated/α-hetero) is 1. The van der Waals surface area contributed by atoms with Gasteiger partial charge >= 0.3 is 6.36 Å². The van der Waals surface area contributed by atoms with Gasteiger partial charge in [0.2, 0.25) is 5.91 Å². The number of halogens is 3. The lowest BCUT2D eigenvalue weighted by Gasteiger charge is -2.29. The van der Waals surface area contributed by atoms with Crippen molar-refractivity contribution in [1.82, 2.24) is 10.2 Å². The summed E-state index contributed by atoms with van der Waals surface area (Å²) in [5, 5.41) is 13.9. The van der Waals surface area contributed by atoms with Crippen LogP contribution in [-0.4, -0.2) is 60.8 Å². The van der Waals surface area contributed by atoms with Gasteiger partial charge in [0.1, 0.15) is 17.6 Å². The van der Waals surface area contributed by atoms with Crippen LogP contribution in [0.15, 0.2) is 48.5 Å². The number of benzene rings is 2. The Kier molecular flexibility index (Phi) is 11.0. The molecule has 1 fully saturated rings. The third-order valence-corrected chi connectivity index (χ3v) is 6.56. The summed E-state index contributed by atoms with van der Waals surface area (Å²) in [7, 11) is 1.57. The zero-order chi connectivity index (χ0) is 27.5. The van der Waals surface area contributed by atoms with Gasteiger partial charge in [0.05, 0.1) is 13.2 Å². The molecule has 1 saturated heterocycles. The number of methoxy groups -OCH3 is 1. The number of carbonyl (C=O) groups excluding carboxylic acids is 2. The first-order valence-corrected chi connectivity index (χ1v) is 12.9. The van der Waals surface area contributed by atoms with Crippen LogP contribution in [0, 0.1) is 0 Å². The van der Waals surface area contributed by atoms with Gasteiger partial charge in [0, 0.05) is 24.9 Å². The van der Waals surface area contributed by atoms with Crippen molar-refractivity contribution < 1.29 is 37.3 Å². The van der Waals surface area contributed by atoms with E-state index in [0.717, 1.165) is 38.1 Å². The van der Waals surface area contributed by atoms with E-state index in [4.69, 9.17) is 4.74 Å². The van der Waals surface area contributed by atoms with Crippen molar-refractivity contribution in [1.29, 1.82) is 0 Å². The fourth-order valence-corrected chi connectivity index (χ4v) is 4.51. The van der Waals surface area contributed by atoms with Crippen molar-refractivity contribution in [3.8, 4) is 11.5 Å². The summed E-state index contributed by atoms with van der Waals surface area (Å²) in [4.78, 5) is 27.2. The van der Waals surface area contributed by atoms with E-state index in [1.54, 1.807) is 31.4 Å². The molecule has 1 aliphatic rings. The number of nitrogens with zero attached hydrogens (tertiary/aromatic N) is 1. The Balaban J connectivity index is 1.48. The molecular weight excluding hydrogens is 501 g/mol. The van der Waals surface area contributed by atoms with Crippen LogP contribution in [0.25, 0.3) is 0 Å². The van der Waals surface area contributed by atoms with E-state index in [9.17, 15) is 27.9 Å². The summed E-state index contributed by atoms with van der Waals surface area (Å²) in [6.07, 6.45) is -1.23. The minimum Gasteiger partial charge on any atom is -0.497 e. The fraction of sp³-hybridized carbons (Fsp3) is 0.500. The van der Waals surface area contributed by atoms with Gasteiger partial charge < -0.3 is 24.8 Å². The molecule has 2 aromatic carbocycles. The van der Waals surface area contributed by atoms with E-state index in [1.807, 2.05) is 0 Å². The minimum absolute atomic E-state index is 0.0394. The lowest BCUT2D eigenvalue weighted by Crippen LogP contribution is -2.46. The maximum absolute atomic E-state index is 12.7. The highest BCUT2D eigenvalue weighted by Crippen LogP contribution is 2.26. The van der Waals surface area contributed by atoms with Crippen LogP contribution in [0.4, 0.5) is 13.2 Å². The molecule has 0 spiro atoms. The molecule has 10 heteroatoms. The SMILES string of the molecule is COc1ccc(C(=O)CCCCCC(=O)N[C@H](CN2CCCC2)[C@H](O)c2ccc(OC(F)(F)F)cc2)cc1. The van der Waals surface area contributed by atoms with Gasteiger partial charge in [-0.3, -0.25) is 9.59 Å². The van der Waals surface area contributed by atoms with Crippen LogP contribution in [0.3, 0.4) is 0 Å². The molecule has 1 heterocycles. The third kappa shape index (κ3) is 9.64. The largest absolute Gasteiger partial charge is 0.573 e. The predicted molar refractivity (Wildman–Crippen MR) is 136 cm³/mol. The first-order valence-electron chi connectivity index (χ1n) is 12.9. The molecule has 1 amide bonds. The van der Waals surface area contributed by atoms with Gasteiger partial charge in [0.25, 0.3) is 0 Å². The maximum atomic E-state index is 12.7. The normalized spacial score (nSPS) is 15.6. The van der Waals surface area contributed by atoms with Crippen LogP contribution in [0.5, 0.6) is 11.5 Å². The van der Waals surface area contributed by atoms with Crippen LogP contribution in [0.2, 0.25) is 0 Å². The second-order valence-electron chi connectivity index (χ2n) is 9.46. The predicted octanol–water partition coefficient (Wildman–Crippen LogP) is 5.04. The molecule has 0 aromatic heterocycles. The quantitative estimate of drug-likeness (QED) is 0.260. The average Bonchev–Trinajstić information content (AvgIpc) is 3.40. The minimum atomic E-state index is -4.80. The fourth-order valence-electron chi connectivity index (χ4n) is 4.51. The Hall–Kier alpha value is -3.11. The monoisotopic (exact) mass is 536 g/mol. The van der Waals surface area contributed by atoms with Gasteiger partial charge in [-0.15, -0.1) is 13.2 Å². The number of hydrogen-bond donors (Lipinski definition) is 2. The lowest BCUT2D eigenvalue weighted by molar-refractivity contribution is -0.274. The number of aliphatic hydroxyl groups is 1. The Morgan fingerprint density at radius 1 is 0.947 bits per heavy atom. The number of ether oxygens (including phenoxy) is 2. The van der Waals surface area contributed by atoms with Gasteiger partial charge in [-0.25, -0.2) is 0 Å². The average molecular weight is 537 g/mol. The van der Waals surface area contributed by atoms with E-state index in [-0.39, 0.29) is 23.9 Å². The molecule has 0 unspecified atom stereocenters. The van der Waals surface area contributed by atoms with E-state index in [2.05, 4.69) is 15.0 Å². The number of amides is 1. The van der Waals surface area contributed by atoms with Crippen molar-refractivity contribution >= 4 is 11.7 Å². The van der Waals surface area contributed by atoms with E-state index >= 15 is 0 Å². The Bertz CT molecular complexity index is 1020. The Labute approximate surface area is 220 Å². The number of likely N-dealkylation sites (tertiary alicyclic amines) is 1. The molecule has 3 rings (SSSR count). The molecule has 38 heavy (non-hydrogen) atoms. The highest BCUT2D eigenvalue weighted by Gasteiger charge is 2.31. The molecule has 1 aliphatic heterocycles. The zero-order valence-electron chi connectivity index (χ0n) is 21.5. The van der Waals surface area contributed by atoms with Crippen LogP contribution < -0.4 is 14.8 Å². The van der Waals surface area contributed by atoms with E-state index in [0.29, 0.717) is 49.1 Å². The second kappa shape index (κ2) is 14.2. The molecule has 0 saturated carbocycles. The molecular formula is C28H35F3N2O5. The number of hydrogen-bond acceptors (Lipinski definition) is 6. The van der Waals surface area contributed by atoms with Crippen molar-refractivity contribution in [2.75, 3.05) is 26.7 Å². The number of ketones is 1. The Morgan fingerprint density at radius 2 is 1.55 bits per heavy atom. The first-order chi connectivity index (χ1) is 18.1. The third-order valence-electron chi connectivity index (χ3n) is 6.56. The zero-order valence-corrected chi connectivity index (χ0v) is 21.5. The van der Waals surface area contributed by atoms with Gasteiger partial charge in [0.15, 0.2) is 5.78 Å². The summed E-state index contributed by atoms with van der Waals surface area (Å²) in [6.45, 7) is 2.16. The molecule has 0 radical (unpaired) electrons. The van der Waals surface area contributed by atoms with Crippen molar-refractivity contribution in [3.63, 3.8) is 0 Å². The number of nitrogens with one attached hydrogen (secondary N) is 1. The summed E-state index contributed by atoms with van der Waals surface area (Å²) in [5.41, 5.74) is 1.02. The molecule has 208 valence electrons. The maximum Gasteiger partial charge on any atom is 0.573 e. The second-order valence-corrected chi connectivity index (χ2v) is 9.46. The number of alkyl halides is 3. The summed E-state index contributed by atoms with van der Waals surface area (Å²) >= 11 is 0. The van der Waals surface area contributed by atoms with Gasteiger partial charge in [-0.05, 0) is 80.7 Å². The summed E-state index contributed by atoms with van der Waals surface area (Å²) in [6, 6.07) is 11.4. The molecule has 2 N–H and O–H groups in total. The van der Waals surface area contributed by atoms with Crippen LogP contribution in [0.1, 0.15) is 67.0 Å². The number of carbonyl (C=O) groups is 2. The summed E-state index contributed by atoms with van der Waals surface area (Å²) < 4.78 is 46.3. The van der Waals surface area contributed by atoms with Gasteiger partial charge in [-0.1, -0.05) is 18.6 Å². The van der Waals surface area contributed by atoms with E-state index < -0.39 is 18.5 Å². The van der Waals surface area contributed by atoms with Crippen LogP contribution >= 0.6 is 0 Å². The van der Waals surface area contributed by atoms with Crippen molar-refractivity contribution in [3.05, 3.63) is 59.7 Å². The summed E-state index contributed by atoms with van der Waals surface area (Å²) in [5.74, 6) is 0.136. The van der Waals surface area contributed by atoms with E-state index in [1.165, 1.54) is 12.1 Å². The molecule has 2 atom stereocenters. The topological polar surface area (TPSA) is 88.1 Å². The molecule has 7 nitrogen and oxygen atoms in total. The molecule has 0 aliphatic carbocycles.